The number of carbonyl (C=O) groups is 7. The zero-order valence-electron chi connectivity index (χ0n) is 32.0. The van der Waals surface area contributed by atoms with Crippen LogP contribution in [0.5, 0.6) is 0 Å². The molecule has 4 aromatic rings. The minimum absolute atomic E-state index is 0.0722. The van der Waals surface area contributed by atoms with Crippen LogP contribution in [-0.2, 0) is 46.4 Å². The maximum Gasteiger partial charge on any atom is 0.326 e. The molecule has 306 valence electrons. The van der Waals surface area contributed by atoms with Crippen LogP contribution < -0.4 is 32.3 Å². The first-order chi connectivity index (χ1) is 26.9. The molecule has 0 bridgehead atoms. The molecule has 4 rings (SSSR count). The predicted octanol–water partition coefficient (Wildman–Crippen LogP) is 0.192. The lowest BCUT2D eigenvalue weighted by molar-refractivity contribution is -0.144. The van der Waals surface area contributed by atoms with Crippen molar-refractivity contribution in [3.05, 3.63) is 72.1 Å². The Morgan fingerprint density at radius 3 is 1.67 bits per heavy atom. The molecule has 2 aromatic carbocycles. The van der Waals surface area contributed by atoms with Crippen LogP contribution in [0.15, 0.2) is 60.9 Å². The lowest BCUT2D eigenvalue weighted by Gasteiger charge is -2.27. The molecule has 0 unspecified atom stereocenters. The van der Waals surface area contributed by atoms with Gasteiger partial charge in [-0.3, -0.25) is 28.8 Å². The van der Waals surface area contributed by atoms with Gasteiger partial charge in [-0.25, -0.2) is 4.79 Å². The summed E-state index contributed by atoms with van der Waals surface area (Å²) in [5, 5.41) is 43.4. The Bertz CT molecular complexity index is 2090. The van der Waals surface area contributed by atoms with E-state index in [1.165, 1.54) is 6.92 Å². The fraction of sp³-hybridized carbons (Fsp3) is 0.410. The molecule has 57 heavy (non-hydrogen) atoms. The van der Waals surface area contributed by atoms with Crippen molar-refractivity contribution in [3.8, 4) is 0 Å². The van der Waals surface area contributed by atoms with Crippen molar-refractivity contribution < 1.29 is 48.9 Å². The number of aliphatic hydroxyl groups excluding tert-OH is 1. The highest BCUT2D eigenvalue weighted by molar-refractivity contribution is 5.98. The van der Waals surface area contributed by atoms with E-state index in [0.717, 1.165) is 34.3 Å². The number of H-pyrrole nitrogens is 2. The van der Waals surface area contributed by atoms with Crippen molar-refractivity contribution in [2.75, 3.05) is 0 Å². The Labute approximate surface area is 327 Å². The molecular weight excluding hydrogens is 740 g/mol. The summed E-state index contributed by atoms with van der Waals surface area (Å²) in [6, 6.07) is 6.16. The number of benzene rings is 2. The quantitative estimate of drug-likeness (QED) is 0.0575. The SMILES string of the molecule is CC(C)C[C@H](NC(=O)[C@@H](N)Cc1c[nH]c2ccccc12)C(=O)N[C@@H](C)C(=O)N[C@@H](CC(=O)O)C(=O)N[C@H](C(=O)N[C@@H](Cc1c[nH]c2ccccc12)C(=O)O)[C@@H](C)O. The van der Waals surface area contributed by atoms with E-state index in [1.54, 1.807) is 36.7 Å². The topological polar surface area (TPSA) is 298 Å². The van der Waals surface area contributed by atoms with Crippen LogP contribution in [0.2, 0.25) is 0 Å². The van der Waals surface area contributed by atoms with Crippen LogP contribution in [0.25, 0.3) is 21.8 Å². The number of para-hydroxylation sites is 2. The van der Waals surface area contributed by atoms with Gasteiger partial charge >= 0.3 is 11.9 Å². The molecule has 18 nitrogen and oxygen atoms in total. The molecule has 12 N–H and O–H groups in total. The number of aromatic nitrogens is 2. The number of rotatable bonds is 20. The molecule has 0 radical (unpaired) electrons. The predicted molar refractivity (Wildman–Crippen MR) is 208 cm³/mol. The number of fused-ring (bicyclic) bond motifs is 2. The van der Waals surface area contributed by atoms with Crippen LogP contribution in [0, 0.1) is 5.92 Å². The number of aliphatic carboxylic acids is 2. The molecule has 7 atom stereocenters. The Kier molecular flexibility index (Phi) is 14.9. The van der Waals surface area contributed by atoms with Crippen LogP contribution in [0.3, 0.4) is 0 Å². The molecule has 2 heterocycles. The fourth-order valence-corrected chi connectivity index (χ4v) is 6.31. The largest absolute Gasteiger partial charge is 0.481 e. The highest BCUT2D eigenvalue weighted by atomic mass is 16.4. The summed E-state index contributed by atoms with van der Waals surface area (Å²) < 4.78 is 0. The van der Waals surface area contributed by atoms with Gasteiger partial charge in [0, 0.05) is 40.6 Å². The normalized spacial score (nSPS) is 15.1. The highest BCUT2D eigenvalue weighted by Gasteiger charge is 2.35. The lowest BCUT2D eigenvalue weighted by atomic mass is 10.0. The van der Waals surface area contributed by atoms with Gasteiger partial charge in [0.15, 0.2) is 0 Å². The van der Waals surface area contributed by atoms with E-state index >= 15 is 0 Å². The third-order valence-corrected chi connectivity index (χ3v) is 9.33. The standard InChI is InChI=1S/C39H50N8O10/c1-19(2)13-29(45-35(52)26(40)14-22-17-41-27-11-7-5-9-24(22)27)36(53)43-20(3)34(51)44-30(16-32(49)50)37(54)47-33(21(4)48)38(55)46-31(39(56)57)15-23-18-42-28-12-8-6-10-25(23)28/h5-12,17-21,26,29-31,33,41-42,48H,13-16,40H2,1-4H3,(H,43,53)(H,44,51)(H,45,52)(H,46,55)(H,47,54)(H,49,50)(H,56,57)/t20-,21+,26-,29-,30-,31-,33-/m0/s1. The van der Waals surface area contributed by atoms with Gasteiger partial charge in [0.05, 0.1) is 18.6 Å². The van der Waals surface area contributed by atoms with Crippen LogP contribution in [0.1, 0.15) is 51.7 Å². The van der Waals surface area contributed by atoms with Gasteiger partial charge in [0.2, 0.25) is 29.5 Å². The molecular formula is C39H50N8O10. The van der Waals surface area contributed by atoms with Gasteiger partial charge in [-0.2, -0.15) is 0 Å². The second kappa shape index (κ2) is 19.5. The smallest absolute Gasteiger partial charge is 0.326 e. The minimum atomic E-state index is -1.79. The van der Waals surface area contributed by atoms with Gasteiger partial charge in [-0.15, -0.1) is 0 Å². The number of nitrogens with two attached hydrogens (primary N) is 1. The van der Waals surface area contributed by atoms with E-state index in [9.17, 15) is 48.9 Å². The van der Waals surface area contributed by atoms with E-state index in [1.807, 2.05) is 38.1 Å². The average molecular weight is 791 g/mol. The Balaban J connectivity index is 1.38. The maximum absolute atomic E-state index is 13.4. The lowest BCUT2D eigenvalue weighted by Crippen LogP contribution is -2.61. The number of aromatic amines is 2. The molecule has 0 spiro atoms. The summed E-state index contributed by atoms with van der Waals surface area (Å²) in [7, 11) is 0. The molecule has 5 amide bonds. The van der Waals surface area contributed by atoms with Crippen molar-refractivity contribution in [1.82, 2.24) is 36.6 Å². The Morgan fingerprint density at radius 1 is 0.632 bits per heavy atom. The molecule has 0 saturated carbocycles. The van der Waals surface area contributed by atoms with Gasteiger partial charge in [-0.1, -0.05) is 50.2 Å². The monoisotopic (exact) mass is 790 g/mol. The first kappa shape index (κ1) is 43.5. The maximum atomic E-state index is 13.4. The second-order valence-corrected chi connectivity index (χ2v) is 14.4. The molecule has 0 aliphatic rings. The third-order valence-electron chi connectivity index (χ3n) is 9.33. The number of nitrogens with one attached hydrogen (secondary N) is 7. The third kappa shape index (κ3) is 11.9. The number of hydrogen-bond acceptors (Lipinski definition) is 9. The van der Waals surface area contributed by atoms with Crippen molar-refractivity contribution in [3.63, 3.8) is 0 Å². The number of carboxylic acid groups (broad SMARTS) is 2. The van der Waals surface area contributed by atoms with Gasteiger partial charge in [0.25, 0.3) is 0 Å². The van der Waals surface area contributed by atoms with Gasteiger partial charge in [-0.05, 0) is 55.9 Å². The zero-order valence-corrected chi connectivity index (χ0v) is 32.0. The molecule has 0 aliphatic carbocycles. The number of carboxylic acids is 2. The van der Waals surface area contributed by atoms with E-state index in [2.05, 4.69) is 36.6 Å². The first-order valence-corrected chi connectivity index (χ1v) is 18.4. The van der Waals surface area contributed by atoms with Gasteiger partial charge < -0.3 is 57.6 Å². The van der Waals surface area contributed by atoms with Crippen molar-refractivity contribution in [2.24, 2.45) is 11.7 Å². The van der Waals surface area contributed by atoms with Crippen LogP contribution in [0.4, 0.5) is 0 Å². The summed E-state index contributed by atoms with van der Waals surface area (Å²) >= 11 is 0. The summed E-state index contributed by atoms with van der Waals surface area (Å²) in [6.45, 7) is 6.10. The molecule has 18 heteroatoms. The van der Waals surface area contributed by atoms with Crippen molar-refractivity contribution >= 4 is 63.3 Å². The van der Waals surface area contributed by atoms with Crippen molar-refractivity contribution in [1.29, 1.82) is 0 Å². The molecule has 0 saturated heterocycles. The fourth-order valence-electron chi connectivity index (χ4n) is 6.31. The first-order valence-electron chi connectivity index (χ1n) is 18.4. The van der Waals surface area contributed by atoms with Gasteiger partial charge in [0.1, 0.15) is 30.2 Å². The van der Waals surface area contributed by atoms with E-state index in [4.69, 9.17) is 5.73 Å². The van der Waals surface area contributed by atoms with E-state index < -0.39 is 90.3 Å². The Hall–Kier alpha value is -6.27. The van der Waals surface area contributed by atoms with Crippen LogP contribution >= 0.6 is 0 Å². The second-order valence-electron chi connectivity index (χ2n) is 14.4. The average Bonchev–Trinajstić information content (AvgIpc) is 3.75. The number of hydrogen-bond donors (Lipinski definition) is 11. The summed E-state index contributed by atoms with van der Waals surface area (Å²) in [4.78, 5) is 96.4. The molecule has 2 aromatic heterocycles. The number of aliphatic hydroxyl groups is 1. The van der Waals surface area contributed by atoms with E-state index in [0.29, 0.717) is 5.56 Å². The van der Waals surface area contributed by atoms with Crippen molar-refractivity contribution in [2.45, 2.75) is 95.7 Å². The Morgan fingerprint density at radius 2 is 1.14 bits per heavy atom. The number of carbonyl (C=O) groups excluding carboxylic acids is 5. The molecule has 0 fully saturated rings. The minimum Gasteiger partial charge on any atom is -0.481 e. The summed E-state index contributed by atoms with van der Waals surface area (Å²) in [5.41, 5.74) is 9.26. The van der Waals surface area contributed by atoms with Crippen LogP contribution in [-0.4, -0.2) is 109 Å². The number of amides is 5. The highest BCUT2D eigenvalue weighted by Crippen LogP contribution is 2.20. The summed E-state index contributed by atoms with van der Waals surface area (Å²) in [5.74, 6) is -7.52. The molecule has 0 aliphatic heterocycles. The van der Waals surface area contributed by atoms with E-state index in [-0.39, 0.29) is 25.2 Å². The zero-order chi connectivity index (χ0) is 42.0. The summed E-state index contributed by atoms with van der Waals surface area (Å²) in [6.07, 6.45) is 1.04.